The zero-order valence-corrected chi connectivity index (χ0v) is 17.9. The number of anilines is 2. The minimum absolute atomic E-state index is 0.275. The van der Waals surface area contributed by atoms with E-state index in [-0.39, 0.29) is 6.67 Å². The first-order chi connectivity index (χ1) is 14.2. The van der Waals surface area contributed by atoms with Crippen molar-refractivity contribution in [2.75, 3.05) is 25.1 Å². The highest BCUT2D eigenvalue weighted by Crippen LogP contribution is 2.40. The van der Waals surface area contributed by atoms with Gasteiger partial charge < -0.3 is 5.32 Å². The molecule has 29 heavy (non-hydrogen) atoms. The fourth-order valence-electron chi connectivity index (χ4n) is 4.36. The maximum atomic E-state index is 12.9. The predicted molar refractivity (Wildman–Crippen MR) is 122 cm³/mol. The first-order valence-corrected chi connectivity index (χ1v) is 11.7. The van der Waals surface area contributed by atoms with Gasteiger partial charge in [-0.25, -0.2) is 14.4 Å². The molecule has 150 valence electrons. The summed E-state index contributed by atoms with van der Waals surface area (Å²) in [4.78, 5) is 13.7. The van der Waals surface area contributed by atoms with Gasteiger partial charge in [0.2, 0.25) is 0 Å². The lowest BCUT2D eigenvalue weighted by Crippen LogP contribution is -2.43. The number of nitrogens with zero attached hydrogens (tertiary/aromatic N) is 3. The molecule has 0 spiro atoms. The number of likely N-dealkylation sites (tertiary alicyclic amines) is 1. The topological polar surface area (TPSA) is 41.1 Å². The Balaban J connectivity index is 1.46. The van der Waals surface area contributed by atoms with Crippen LogP contribution in [0.5, 0.6) is 0 Å². The number of fused-ring (bicyclic) bond motifs is 2. The lowest BCUT2D eigenvalue weighted by atomic mass is 9.88. The fraction of sp³-hybridized carbons (Fsp3) is 0.364. The van der Waals surface area contributed by atoms with Crippen LogP contribution in [-0.2, 0) is 0 Å². The van der Waals surface area contributed by atoms with Crippen molar-refractivity contribution in [2.24, 2.45) is 0 Å². The van der Waals surface area contributed by atoms with Gasteiger partial charge in [-0.15, -0.1) is 22.7 Å². The highest BCUT2D eigenvalue weighted by molar-refractivity contribution is 7.18. The van der Waals surface area contributed by atoms with E-state index in [2.05, 4.69) is 51.4 Å². The summed E-state index contributed by atoms with van der Waals surface area (Å²) >= 11 is 3.43. The molecule has 1 aliphatic heterocycles. The number of hydrogen-bond acceptors (Lipinski definition) is 6. The summed E-state index contributed by atoms with van der Waals surface area (Å²) in [7, 11) is 0. The molecule has 0 radical (unpaired) electrons. The molecule has 0 saturated carbocycles. The van der Waals surface area contributed by atoms with Gasteiger partial charge >= 0.3 is 0 Å². The number of thiophene rings is 1. The molecule has 5 rings (SSSR count). The zero-order chi connectivity index (χ0) is 19.8. The number of hydrogen-bond donors (Lipinski definition) is 1. The van der Waals surface area contributed by atoms with Crippen LogP contribution in [0, 0.1) is 0 Å². The van der Waals surface area contributed by atoms with Gasteiger partial charge in [-0.05, 0) is 56.6 Å². The van der Waals surface area contributed by atoms with Gasteiger partial charge in [0.1, 0.15) is 11.5 Å². The second-order valence-corrected chi connectivity index (χ2v) is 9.55. The van der Waals surface area contributed by atoms with Gasteiger partial charge in [0, 0.05) is 40.7 Å². The van der Waals surface area contributed by atoms with Crippen LogP contribution in [0.2, 0.25) is 0 Å². The van der Waals surface area contributed by atoms with Crippen molar-refractivity contribution in [1.82, 2.24) is 14.9 Å². The second-order valence-electron chi connectivity index (χ2n) is 7.60. The van der Waals surface area contributed by atoms with Crippen molar-refractivity contribution in [3.8, 4) is 0 Å². The molecular weight excluding hydrogens is 403 g/mol. The van der Waals surface area contributed by atoms with E-state index in [0.717, 1.165) is 46.5 Å². The van der Waals surface area contributed by atoms with Crippen LogP contribution in [0.3, 0.4) is 0 Å². The molecule has 4 nitrogen and oxygen atoms in total. The SMILES string of the molecule is C[C@H]1[C@@H](c2cc3c(Nc4ccc5scnc5c4)ccnc3s2)CCCN1CCF. The van der Waals surface area contributed by atoms with Gasteiger partial charge in [0.25, 0.3) is 0 Å². The predicted octanol–water partition coefficient (Wildman–Crippen LogP) is 6.19. The van der Waals surface area contributed by atoms with Crippen LogP contribution in [0.1, 0.15) is 30.6 Å². The van der Waals surface area contributed by atoms with Gasteiger partial charge in [0.15, 0.2) is 0 Å². The summed E-state index contributed by atoms with van der Waals surface area (Å²) < 4.78 is 14.1. The van der Waals surface area contributed by atoms with E-state index in [0.29, 0.717) is 18.5 Å². The Bertz CT molecular complexity index is 1140. The fourth-order valence-corrected chi connectivity index (χ4v) is 6.28. The number of rotatable bonds is 5. The normalized spacial score (nSPS) is 20.5. The van der Waals surface area contributed by atoms with E-state index in [4.69, 9.17) is 0 Å². The van der Waals surface area contributed by atoms with E-state index in [9.17, 15) is 4.39 Å². The minimum Gasteiger partial charge on any atom is -0.355 e. The molecular formula is C22H23FN4S2. The molecule has 0 amide bonds. The zero-order valence-electron chi connectivity index (χ0n) is 16.3. The maximum Gasteiger partial charge on any atom is 0.125 e. The van der Waals surface area contributed by atoms with Crippen molar-refractivity contribution in [2.45, 2.75) is 31.7 Å². The molecule has 0 aliphatic carbocycles. The van der Waals surface area contributed by atoms with E-state index in [1.807, 2.05) is 17.8 Å². The van der Waals surface area contributed by atoms with Crippen molar-refractivity contribution in [3.63, 3.8) is 0 Å². The monoisotopic (exact) mass is 426 g/mol. The highest BCUT2D eigenvalue weighted by atomic mass is 32.1. The molecule has 0 unspecified atom stereocenters. The Kier molecular flexibility index (Phi) is 5.20. The van der Waals surface area contributed by atoms with Crippen molar-refractivity contribution < 1.29 is 4.39 Å². The van der Waals surface area contributed by atoms with Gasteiger partial charge in [0.05, 0.1) is 21.4 Å². The van der Waals surface area contributed by atoms with Crippen LogP contribution in [-0.4, -0.2) is 40.7 Å². The molecule has 1 saturated heterocycles. The Morgan fingerprint density at radius 2 is 2.17 bits per heavy atom. The van der Waals surface area contributed by atoms with Gasteiger partial charge in [-0.2, -0.15) is 0 Å². The summed E-state index contributed by atoms with van der Waals surface area (Å²) in [5.41, 5.74) is 4.99. The molecule has 1 fully saturated rings. The van der Waals surface area contributed by atoms with Crippen molar-refractivity contribution in [3.05, 3.63) is 46.9 Å². The molecule has 0 bridgehead atoms. The Morgan fingerprint density at radius 1 is 1.24 bits per heavy atom. The van der Waals surface area contributed by atoms with Crippen LogP contribution in [0.4, 0.5) is 15.8 Å². The second kappa shape index (κ2) is 7.97. The summed E-state index contributed by atoms with van der Waals surface area (Å²) in [6.45, 7) is 3.49. The lowest BCUT2D eigenvalue weighted by Gasteiger charge is -2.38. The number of piperidine rings is 1. The smallest absolute Gasteiger partial charge is 0.125 e. The minimum atomic E-state index is -0.275. The maximum absolute atomic E-state index is 12.9. The first kappa shape index (κ1) is 18.9. The molecule has 1 N–H and O–H groups in total. The molecule has 1 aliphatic rings. The van der Waals surface area contributed by atoms with Crippen LogP contribution < -0.4 is 5.32 Å². The molecule has 4 heterocycles. The van der Waals surface area contributed by atoms with E-state index in [1.165, 1.54) is 9.58 Å². The van der Waals surface area contributed by atoms with Gasteiger partial charge in [-0.3, -0.25) is 4.90 Å². The number of nitrogens with one attached hydrogen (secondary N) is 1. The number of alkyl halides is 1. The lowest BCUT2D eigenvalue weighted by molar-refractivity contribution is 0.130. The van der Waals surface area contributed by atoms with Crippen molar-refractivity contribution >= 4 is 54.5 Å². The van der Waals surface area contributed by atoms with E-state index in [1.54, 1.807) is 22.7 Å². The molecule has 3 aromatic heterocycles. The Morgan fingerprint density at radius 3 is 3.07 bits per heavy atom. The summed E-state index contributed by atoms with van der Waals surface area (Å²) in [5.74, 6) is 0.439. The average molecular weight is 427 g/mol. The van der Waals surface area contributed by atoms with E-state index >= 15 is 0 Å². The third-order valence-electron chi connectivity index (χ3n) is 5.92. The van der Waals surface area contributed by atoms with Crippen LogP contribution in [0.25, 0.3) is 20.4 Å². The molecule has 7 heteroatoms. The van der Waals surface area contributed by atoms with Crippen LogP contribution >= 0.6 is 22.7 Å². The highest BCUT2D eigenvalue weighted by Gasteiger charge is 2.30. The molecule has 4 aromatic rings. The molecule has 2 atom stereocenters. The number of halogens is 1. The number of pyridine rings is 1. The quantitative estimate of drug-likeness (QED) is 0.413. The summed E-state index contributed by atoms with van der Waals surface area (Å²) in [6.07, 6.45) is 4.14. The van der Waals surface area contributed by atoms with Gasteiger partial charge in [-0.1, -0.05) is 0 Å². The average Bonchev–Trinajstić information content (AvgIpc) is 3.36. The number of benzene rings is 1. The standard InChI is InChI=1S/C22H23FN4S2/c1-14-16(3-2-9-27(14)10-7-23)21-12-17-18(6-8-24-22(17)29-21)26-15-4-5-20-19(11-15)25-13-28-20/h4-6,8,11-14,16H,2-3,7,9-10H2,1H3,(H,24,26)/t14-,16-/m0/s1. The number of thiazole rings is 1. The Labute approximate surface area is 177 Å². The molecule has 1 aromatic carbocycles. The third kappa shape index (κ3) is 3.63. The summed E-state index contributed by atoms with van der Waals surface area (Å²) in [6, 6.07) is 11.0. The largest absolute Gasteiger partial charge is 0.355 e. The van der Waals surface area contributed by atoms with Crippen LogP contribution in [0.15, 0.2) is 42.0 Å². The van der Waals surface area contributed by atoms with E-state index < -0.39 is 0 Å². The van der Waals surface area contributed by atoms with Crippen molar-refractivity contribution in [1.29, 1.82) is 0 Å². The third-order valence-corrected chi connectivity index (χ3v) is 7.90. The first-order valence-electron chi connectivity index (χ1n) is 10.0. The number of aromatic nitrogens is 2. The Hall–Kier alpha value is -2.09. The summed E-state index contributed by atoms with van der Waals surface area (Å²) in [5, 5.41) is 4.71.